The number of carbonyl (C=O) groups is 4. The topological polar surface area (TPSA) is 181 Å². The smallest absolute Gasteiger partial charge is 0.410 e. The summed E-state index contributed by atoms with van der Waals surface area (Å²) in [6.45, 7) is 16.5. The molecule has 2 heterocycles. The zero-order chi connectivity index (χ0) is 41.0. The summed E-state index contributed by atoms with van der Waals surface area (Å²) in [5.74, 6) is 0.722. The molecule has 1 aliphatic carbocycles. The van der Waals surface area contributed by atoms with E-state index in [0.717, 1.165) is 12.8 Å². The molecule has 1 aliphatic rings. The Hall–Kier alpha value is -4.60. The summed E-state index contributed by atoms with van der Waals surface area (Å²) in [7, 11) is 3.24. The molecule has 2 aromatic heterocycles. The molecule has 0 saturated heterocycles. The van der Waals surface area contributed by atoms with Crippen LogP contribution in [0.15, 0.2) is 27.1 Å². The monoisotopic (exact) mass is 830 g/mol. The summed E-state index contributed by atoms with van der Waals surface area (Å²) < 4.78 is 24.1. The minimum absolute atomic E-state index is 0.0170. The highest BCUT2D eigenvalue weighted by Gasteiger charge is 2.34. The fraction of sp³-hybridized carbons (Fsp3) is 0.590. The van der Waals surface area contributed by atoms with Crippen molar-refractivity contribution < 1.29 is 42.9 Å². The molecule has 0 spiro atoms. The molecule has 3 amide bonds. The largest absolute Gasteiger partial charge is 0.491 e. The molecule has 0 unspecified atom stereocenters. The van der Waals surface area contributed by atoms with Gasteiger partial charge in [0.15, 0.2) is 5.78 Å². The number of nitrogens with one attached hydrogen (secondary N) is 1. The second-order valence-electron chi connectivity index (χ2n) is 16.8. The van der Waals surface area contributed by atoms with Crippen LogP contribution in [0.4, 0.5) is 14.4 Å². The fourth-order valence-corrected chi connectivity index (χ4v) is 6.01. The van der Waals surface area contributed by atoms with E-state index >= 15 is 4.79 Å². The van der Waals surface area contributed by atoms with E-state index in [9.17, 15) is 19.5 Å². The highest BCUT2D eigenvalue weighted by molar-refractivity contribution is 9.10. The van der Waals surface area contributed by atoms with Crippen LogP contribution in [0.25, 0.3) is 11.6 Å². The molecule has 0 aliphatic heterocycles. The minimum atomic E-state index is -1.09. The Morgan fingerprint density at radius 2 is 1.47 bits per heavy atom. The van der Waals surface area contributed by atoms with Crippen LogP contribution < -0.4 is 4.74 Å². The number of likely N-dealkylation sites (N-methyl/N-ethyl adjacent to an activating group) is 2. The normalized spacial score (nSPS) is 13.3. The number of ether oxygens (including phenoxy) is 3. The van der Waals surface area contributed by atoms with Gasteiger partial charge in [0.05, 0.1) is 12.1 Å². The van der Waals surface area contributed by atoms with E-state index in [0.29, 0.717) is 32.9 Å². The van der Waals surface area contributed by atoms with Gasteiger partial charge in [0.1, 0.15) is 29.3 Å². The van der Waals surface area contributed by atoms with E-state index in [1.54, 1.807) is 94.6 Å². The quantitative estimate of drug-likeness (QED) is 0.151. The number of nitrogens with zero attached hydrogens (tertiary/aromatic N) is 5. The lowest BCUT2D eigenvalue weighted by Gasteiger charge is -2.33. The molecule has 2 N–H and O–H groups in total. The number of benzene rings is 1. The Kier molecular flexibility index (Phi) is 13.4. The first-order valence-corrected chi connectivity index (χ1v) is 19.2. The molecule has 55 heavy (non-hydrogen) atoms. The van der Waals surface area contributed by atoms with Crippen molar-refractivity contribution in [2.75, 3.05) is 40.3 Å². The first kappa shape index (κ1) is 43.1. The lowest BCUT2D eigenvalue weighted by atomic mass is 9.95. The molecule has 302 valence electrons. The number of ketones is 1. The van der Waals surface area contributed by atoms with Crippen LogP contribution in [0.5, 0.6) is 5.75 Å². The van der Waals surface area contributed by atoms with Crippen molar-refractivity contribution in [3.63, 3.8) is 0 Å². The van der Waals surface area contributed by atoms with Crippen LogP contribution in [0.1, 0.15) is 114 Å². The van der Waals surface area contributed by atoms with E-state index < -0.39 is 40.8 Å². The van der Waals surface area contributed by atoms with Gasteiger partial charge < -0.3 is 43.4 Å². The predicted octanol–water partition coefficient (Wildman–Crippen LogP) is 7.91. The van der Waals surface area contributed by atoms with E-state index in [1.807, 2.05) is 0 Å². The zero-order valence-electron chi connectivity index (χ0n) is 33.8. The number of hydrogen-bond acceptors (Lipinski definition) is 10. The standard InChI is InChI=1S/C39H55BrN6O9/c1-37(2,3)46(34(48)49)20-21-52-28-15-14-24(40)22-26(28)31(47)29-25(16-18-44(10)35(50)54-38(4,5)6)30(33-43-42-32(53-33)23-12-13-23)41-27(29)17-19-45(11)36(51)55-39(7,8)9/h14-15,22-23,41H,12-13,16-21H2,1-11H3,(H,48,49). The Morgan fingerprint density at radius 1 is 0.891 bits per heavy atom. The van der Waals surface area contributed by atoms with Crippen molar-refractivity contribution in [3.05, 3.63) is 50.9 Å². The van der Waals surface area contributed by atoms with Gasteiger partial charge in [-0.15, -0.1) is 10.2 Å². The molecule has 0 bridgehead atoms. The zero-order valence-corrected chi connectivity index (χ0v) is 35.4. The number of halogens is 1. The Balaban J connectivity index is 1.81. The van der Waals surface area contributed by atoms with Crippen molar-refractivity contribution in [2.24, 2.45) is 0 Å². The van der Waals surface area contributed by atoms with Gasteiger partial charge in [0, 0.05) is 60.8 Å². The molecule has 0 radical (unpaired) electrons. The van der Waals surface area contributed by atoms with Crippen LogP contribution in [0.2, 0.25) is 0 Å². The summed E-state index contributed by atoms with van der Waals surface area (Å²) in [4.78, 5) is 60.5. The summed E-state index contributed by atoms with van der Waals surface area (Å²) in [6.07, 6.45) is 0.142. The SMILES string of the molecule is CN(CCc1[nH]c(-c2nnc(C3CC3)o2)c(CCN(C)C(=O)OC(C)(C)C)c1C(=O)c1cc(Br)ccc1OCCN(C(=O)O)C(C)(C)C)C(=O)OC(C)(C)C. The first-order valence-electron chi connectivity index (χ1n) is 18.4. The fourth-order valence-electron chi connectivity index (χ4n) is 5.65. The second-order valence-corrected chi connectivity index (χ2v) is 17.7. The van der Waals surface area contributed by atoms with Crippen LogP contribution in [-0.4, -0.2) is 116 Å². The molecule has 16 heteroatoms. The lowest BCUT2D eigenvalue weighted by molar-refractivity contribution is 0.0290. The number of H-pyrrole nitrogens is 1. The molecule has 0 atom stereocenters. The molecule has 1 fully saturated rings. The van der Waals surface area contributed by atoms with Crippen LogP contribution in [0, 0.1) is 0 Å². The number of hydrogen-bond donors (Lipinski definition) is 2. The van der Waals surface area contributed by atoms with Crippen LogP contribution in [0.3, 0.4) is 0 Å². The summed E-state index contributed by atoms with van der Waals surface area (Å²) in [5, 5.41) is 18.5. The molecule has 3 aromatic rings. The van der Waals surface area contributed by atoms with Crippen molar-refractivity contribution in [2.45, 2.75) is 111 Å². The van der Waals surface area contributed by atoms with Gasteiger partial charge >= 0.3 is 18.3 Å². The van der Waals surface area contributed by atoms with Gasteiger partial charge in [0.25, 0.3) is 5.89 Å². The molecule has 1 aromatic carbocycles. The summed E-state index contributed by atoms with van der Waals surface area (Å²) in [6, 6.07) is 5.03. The Morgan fingerprint density at radius 3 is 2.00 bits per heavy atom. The third-order valence-electron chi connectivity index (χ3n) is 8.59. The van der Waals surface area contributed by atoms with Gasteiger partial charge in [-0.2, -0.15) is 0 Å². The van der Waals surface area contributed by atoms with E-state index in [4.69, 9.17) is 18.6 Å². The third kappa shape index (κ3) is 11.9. The van der Waals surface area contributed by atoms with Gasteiger partial charge in [-0.1, -0.05) is 15.9 Å². The lowest BCUT2D eigenvalue weighted by Crippen LogP contribution is -2.46. The Labute approximate surface area is 331 Å². The average Bonchev–Trinajstić information content (AvgIpc) is 3.67. The van der Waals surface area contributed by atoms with Crippen molar-refractivity contribution in [1.29, 1.82) is 0 Å². The van der Waals surface area contributed by atoms with E-state index in [1.165, 1.54) is 14.7 Å². The average molecular weight is 832 g/mol. The summed E-state index contributed by atoms with van der Waals surface area (Å²) >= 11 is 3.50. The number of carbonyl (C=O) groups excluding carboxylic acids is 3. The minimum Gasteiger partial charge on any atom is -0.491 e. The van der Waals surface area contributed by atoms with Gasteiger partial charge in [-0.25, -0.2) is 14.4 Å². The van der Waals surface area contributed by atoms with Gasteiger partial charge in [-0.05, 0) is 105 Å². The number of rotatable bonds is 14. The maximum absolute atomic E-state index is 15.0. The number of carboxylic acid groups (broad SMARTS) is 1. The first-order chi connectivity index (χ1) is 25.4. The van der Waals surface area contributed by atoms with Crippen molar-refractivity contribution >= 4 is 40.0 Å². The number of aromatic nitrogens is 3. The van der Waals surface area contributed by atoms with Crippen molar-refractivity contribution in [3.8, 4) is 17.3 Å². The Bertz CT molecular complexity index is 1860. The summed E-state index contributed by atoms with van der Waals surface area (Å²) in [5.41, 5.74) is -0.146. The maximum Gasteiger partial charge on any atom is 0.410 e. The maximum atomic E-state index is 15.0. The van der Waals surface area contributed by atoms with E-state index in [-0.39, 0.29) is 62.2 Å². The van der Waals surface area contributed by atoms with E-state index in [2.05, 4.69) is 31.1 Å². The second kappa shape index (κ2) is 17.0. The predicted molar refractivity (Wildman–Crippen MR) is 209 cm³/mol. The number of amides is 3. The number of aromatic amines is 1. The molecular weight excluding hydrogens is 776 g/mol. The molecular formula is C39H55BrN6O9. The molecule has 1 saturated carbocycles. The highest BCUT2D eigenvalue weighted by Crippen LogP contribution is 2.41. The molecule has 15 nitrogen and oxygen atoms in total. The molecule has 4 rings (SSSR count). The highest BCUT2D eigenvalue weighted by atomic mass is 79.9. The van der Waals surface area contributed by atoms with Gasteiger partial charge in [0.2, 0.25) is 5.89 Å². The van der Waals surface area contributed by atoms with Crippen LogP contribution in [-0.2, 0) is 22.3 Å². The third-order valence-corrected chi connectivity index (χ3v) is 9.09. The van der Waals surface area contributed by atoms with Crippen molar-refractivity contribution in [1.82, 2.24) is 29.9 Å². The van der Waals surface area contributed by atoms with Crippen LogP contribution >= 0.6 is 15.9 Å². The van der Waals surface area contributed by atoms with Gasteiger partial charge in [-0.3, -0.25) is 4.79 Å².